The standard InChI is InChI=1S/C7H11F2N2O/c1-11-4-2-3-7(8,9)5(11)6(10)12/h3,5H,2,4H2,1H3,(H2,10,12). The molecule has 1 saturated heterocycles. The fraction of sp³-hybridized carbons (Fsp3) is 0.714. The van der Waals surface area contributed by atoms with Crippen LogP contribution < -0.4 is 5.73 Å². The molecule has 1 aliphatic rings. The number of piperidine rings is 1. The summed E-state index contributed by atoms with van der Waals surface area (Å²) in [7, 11) is 1.47. The molecule has 1 amide bonds. The minimum absolute atomic E-state index is 0.285. The van der Waals surface area contributed by atoms with Crippen molar-refractivity contribution in [2.24, 2.45) is 5.73 Å². The maximum absolute atomic E-state index is 13.0. The van der Waals surface area contributed by atoms with Gasteiger partial charge in [0, 0.05) is 6.42 Å². The molecule has 2 N–H and O–H groups in total. The summed E-state index contributed by atoms with van der Waals surface area (Å²) in [6.45, 7) is 0.448. The first kappa shape index (κ1) is 9.38. The van der Waals surface area contributed by atoms with Crippen molar-refractivity contribution in [1.29, 1.82) is 0 Å². The monoisotopic (exact) mass is 177 g/mol. The molecule has 0 aromatic carbocycles. The summed E-state index contributed by atoms with van der Waals surface area (Å²) in [5.74, 6) is -4.06. The van der Waals surface area contributed by atoms with Gasteiger partial charge < -0.3 is 5.73 Å². The summed E-state index contributed by atoms with van der Waals surface area (Å²) < 4.78 is 25.9. The van der Waals surface area contributed by atoms with Crippen molar-refractivity contribution in [3.05, 3.63) is 6.42 Å². The molecule has 0 spiro atoms. The quantitative estimate of drug-likeness (QED) is 0.613. The van der Waals surface area contributed by atoms with E-state index in [1.807, 2.05) is 0 Å². The summed E-state index contributed by atoms with van der Waals surface area (Å²) in [4.78, 5) is 11.9. The number of nitrogens with zero attached hydrogens (tertiary/aromatic N) is 1. The number of likely N-dealkylation sites (tertiary alicyclic amines) is 1. The van der Waals surface area contributed by atoms with Gasteiger partial charge in [0.15, 0.2) is 6.04 Å². The Morgan fingerprint density at radius 1 is 1.75 bits per heavy atom. The Kier molecular flexibility index (Phi) is 2.32. The van der Waals surface area contributed by atoms with Crippen LogP contribution in [0, 0.1) is 6.42 Å². The summed E-state index contributed by atoms with van der Waals surface area (Å²) in [6.07, 6.45) is 1.13. The van der Waals surface area contributed by atoms with Crippen LogP contribution in [-0.4, -0.2) is 36.4 Å². The largest absolute Gasteiger partial charge is 0.368 e. The molecule has 0 aromatic heterocycles. The van der Waals surface area contributed by atoms with Gasteiger partial charge in [0.05, 0.1) is 0 Å². The summed E-state index contributed by atoms with van der Waals surface area (Å²) in [5.41, 5.74) is 4.85. The Hall–Kier alpha value is -0.710. The van der Waals surface area contributed by atoms with E-state index in [9.17, 15) is 13.6 Å². The maximum Gasteiger partial charge on any atom is 0.275 e. The lowest BCUT2D eigenvalue weighted by molar-refractivity contribution is -0.138. The minimum atomic E-state index is -3.08. The number of carbonyl (C=O) groups is 1. The van der Waals surface area contributed by atoms with Crippen LogP contribution in [0.4, 0.5) is 8.78 Å². The molecule has 1 aliphatic heterocycles. The van der Waals surface area contributed by atoms with E-state index in [0.717, 1.165) is 6.42 Å². The second-order valence-corrected chi connectivity index (χ2v) is 2.95. The summed E-state index contributed by atoms with van der Waals surface area (Å²) in [6, 6.07) is -1.48. The van der Waals surface area contributed by atoms with Crippen molar-refractivity contribution < 1.29 is 13.6 Å². The molecule has 1 unspecified atom stereocenters. The Morgan fingerprint density at radius 2 is 2.33 bits per heavy atom. The van der Waals surface area contributed by atoms with Crippen molar-refractivity contribution in [2.45, 2.75) is 18.4 Å². The Balaban J connectivity index is 2.81. The molecule has 3 nitrogen and oxygen atoms in total. The van der Waals surface area contributed by atoms with E-state index in [2.05, 4.69) is 0 Å². The van der Waals surface area contributed by atoms with E-state index in [4.69, 9.17) is 5.73 Å². The number of alkyl halides is 2. The molecule has 0 bridgehead atoms. The van der Waals surface area contributed by atoms with Gasteiger partial charge in [0.1, 0.15) is 0 Å². The average molecular weight is 177 g/mol. The van der Waals surface area contributed by atoms with E-state index >= 15 is 0 Å². The van der Waals surface area contributed by atoms with Crippen molar-refractivity contribution in [2.75, 3.05) is 13.6 Å². The maximum atomic E-state index is 13.0. The Bertz CT molecular complexity index is 196. The number of likely N-dealkylation sites (N-methyl/N-ethyl adjacent to an activating group) is 1. The molecule has 0 aliphatic carbocycles. The molecule has 0 aromatic rings. The highest BCUT2D eigenvalue weighted by molar-refractivity contribution is 5.81. The van der Waals surface area contributed by atoms with Gasteiger partial charge in [-0.15, -0.1) is 0 Å². The molecule has 1 radical (unpaired) electrons. The number of carbonyl (C=O) groups excluding carboxylic acids is 1. The predicted octanol–water partition coefficient (Wildman–Crippen LogP) is 0.0154. The SMILES string of the molecule is CN1CC[CH]C(F)(F)C1C(N)=O. The number of hydrogen-bond acceptors (Lipinski definition) is 2. The number of primary amides is 1. The van der Waals surface area contributed by atoms with Crippen LogP contribution >= 0.6 is 0 Å². The zero-order chi connectivity index (χ0) is 9.35. The van der Waals surface area contributed by atoms with E-state index in [0.29, 0.717) is 6.54 Å². The van der Waals surface area contributed by atoms with Crippen LogP contribution in [0.25, 0.3) is 0 Å². The molecule has 1 atom stereocenters. The lowest BCUT2D eigenvalue weighted by Crippen LogP contribution is -2.57. The topological polar surface area (TPSA) is 46.3 Å². The fourth-order valence-electron chi connectivity index (χ4n) is 1.40. The van der Waals surface area contributed by atoms with Crippen LogP contribution in [-0.2, 0) is 4.79 Å². The lowest BCUT2D eigenvalue weighted by Gasteiger charge is -2.36. The highest BCUT2D eigenvalue weighted by Gasteiger charge is 2.48. The smallest absolute Gasteiger partial charge is 0.275 e. The molecule has 5 heteroatoms. The first-order valence-electron chi connectivity index (χ1n) is 3.67. The van der Waals surface area contributed by atoms with Crippen molar-refractivity contribution in [3.8, 4) is 0 Å². The number of halogens is 2. The van der Waals surface area contributed by atoms with Crippen molar-refractivity contribution in [1.82, 2.24) is 4.90 Å². The fourth-order valence-corrected chi connectivity index (χ4v) is 1.40. The van der Waals surface area contributed by atoms with Crippen LogP contribution in [0.2, 0.25) is 0 Å². The number of nitrogens with two attached hydrogens (primary N) is 1. The number of rotatable bonds is 1. The minimum Gasteiger partial charge on any atom is -0.368 e. The second kappa shape index (κ2) is 2.97. The van der Waals surface area contributed by atoms with Gasteiger partial charge in [-0.2, -0.15) is 0 Å². The summed E-state index contributed by atoms with van der Waals surface area (Å²) >= 11 is 0. The Labute approximate surface area is 69.5 Å². The van der Waals surface area contributed by atoms with E-state index in [1.165, 1.54) is 11.9 Å². The van der Waals surface area contributed by atoms with Crippen LogP contribution in [0.5, 0.6) is 0 Å². The number of hydrogen-bond donors (Lipinski definition) is 1. The van der Waals surface area contributed by atoms with Gasteiger partial charge in [-0.25, -0.2) is 8.78 Å². The molecule has 1 heterocycles. The van der Waals surface area contributed by atoms with Gasteiger partial charge in [-0.1, -0.05) is 0 Å². The lowest BCUT2D eigenvalue weighted by atomic mass is 9.98. The van der Waals surface area contributed by atoms with Crippen LogP contribution in [0.1, 0.15) is 6.42 Å². The van der Waals surface area contributed by atoms with Gasteiger partial charge in [0.2, 0.25) is 5.91 Å². The molecule has 1 rings (SSSR count). The third-order valence-corrected chi connectivity index (χ3v) is 1.97. The third-order valence-electron chi connectivity index (χ3n) is 1.97. The third kappa shape index (κ3) is 1.55. The zero-order valence-electron chi connectivity index (χ0n) is 6.76. The van der Waals surface area contributed by atoms with Gasteiger partial charge in [-0.3, -0.25) is 9.69 Å². The van der Waals surface area contributed by atoms with Crippen molar-refractivity contribution in [3.63, 3.8) is 0 Å². The normalized spacial score (nSPS) is 30.1. The van der Waals surface area contributed by atoms with Gasteiger partial charge in [-0.05, 0) is 20.0 Å². The van der Waals surface area contributed by atoms with Gasteiger partial charge >= 0.3 is 0 Å². The predicted molar refractivity (Wildman–Crippen MR) is 39.5 cm³/mol. The number of amides is 1. The molecular weight excluding hydrogens is 166 g/mol. The second-order valence-electron chi connectivity index (χ2n) is 2.95. The Morgan fingerprint density at radius 3 is 2.67 bits per heavy atom. The van der Waals surface area contributed by atoms with E-state index in [-0.39, 0.29) is 6.42 Å². The molecule has 0 saturated carbocycles. The van der Waals surface area contributed by atoms with Gasteiger partial charge in [0.25, 0.3) is 5.92 Å². The average Bonchev–Trinajstić information content (AvgIpc) is 1.82. The molecule has 69 valence electrons. The van der Waals surface area contributed by atoms with Crippen LogP contribution in [0.3, 0.4) is 0 Å². The van der Waals surface area contributed by atoms with Crippen LogP contribution in [0.15, 0.2) is 0 Å². The molecular formula is C7H11F2N2O. The van der Waals surface area contributed by atoms with E-state index in [1.54, 1.807) is 0 Å². The van der Waals surface area contributed by atoms with E-state index < -0.39 is 17.9 Å². The molecule has 1 fully saturated rings. The molecule has 12 heavy (non-hydrogen) atoms. The first-order chi connectivity index (χ1) is 5.45. The van der Waals surface area contributed by atoms with Crippen molar-refractivity contribution >= 4 is 5.91 Å². The zero-order valence-corrected chi connectivity index (χ0v) is 6.76. The summed E-state index contributed by atoms with van der Waals surface area (Å²) in [5, 5.41) is 0. The highest BCUT2D eigenvalue weighted by atomic mass is 19.3. The highest BCUT2D eigenvalue weighted by Crippen LogP contribution is 2.30. The first-order valence-corrected chi connectivity index (χ1v) is 3.67.